The maximum Gasteiger partial charge on any atom is 0.131 e. The van der Waals surface area contributed by atoms with E-state index in [4.69, 9.17) is 16.3 Å². The van der Waals surface area contributed by atoms with Crippen molar-refractivity contribution < 1.29 is 13.5 Å². The molecule has 1 aromatic rings. The lowest BCUT2D eigenvalue weighted by atomic mass is 9.98. The Hall–Kier alpha value is -0.670. The zero-order valence-corrected chi connectivity index (χ0v) is 9.07. The second-order valence-electron chi connectivity index (χ2n) is 3.67. The Bertz CT molecular complexity index is 393. The standard InChI is InChI=1S/C11H11ClF2O/c1-6-4-9(13)7-2-3-15-5-8(12)10(7)11(6)14/h4,8H,2-3,5H2,1H3. The number of hydrogen-bond acceptors (Lipinski definition) is 1. The van der Waals surface area contributed by atoms with Crippen LogP contribution in [0.25, 0.3) is 0 Å². The fraction of sp³-hybridized carbons (Fsp3) is 0.455. The molecule has 1 aliphatic rings. The van der Waals surface area contributed by atoms with Crippen LogP contribution in [0, 0.1) is 18.6 Å². The molecule has 82 valence electrons. The van der Waals surface area contributed by atoms with Crippen molar-refractivity contribution in [3.63, 3.8) is 0 Å². The first-order chi connectivity index (χ1) is 7.11. The molecular weight excluding hydrogens is 222 g/mol. The van der Waals surface area contributed by atoms with Crippen molar-refractivity contribution in [2.24, 2.45) is 0 Å². The Morgan fingerprint density at radius 2 is 2.20 bits per heavy atom. The number of hydrogen-bond donors (Lipinski definition) is 0. The number of ether oxygens (including phenoxy) is 1. The van der Waals surface area contributed by atoms with E-state index in [2.05, 4.69) is 0 Å². The van der Waals surface area contributed by atoms with Crippen LogP contribution in [0.1, 0.15) is 22.1 Å². The summed E-state index contributed by atoms with van der Waals surface area (Å²) in [6, 6.07) is 1.21. The van der Waals surface area contributed by atoms with Gasteiger partial charge in [0.05, 0.1) is 18.6 Å². The topological polar surface area (TPSA) is 9.23 Å². The third-order valence-corrected chi connectivity index (χ3v) is 2.96. The number of fused-ring (bicyclic) bond motifs is 1. The summed E-state index contributed by atoms with van der Waals surface area (Å²) in [6.45, 7) is 2.15. The molecule has 15 heavy (non-hydrogen) atoms. The van der Waals surface area contributed by atoms with Gasteiger partial charge < -0.3 is 4.74 Å². The van der Waals surface area contributed by atoms with Crippen molar-refractivity contribution in [3.05, 3.63) is 34.4 Å². The van der Waals surface area contributed by atoms with E-state index in [-0.39, 0.29) is 18.0 Å². The summed E-state index contributed by atoms with van der Waals surface area (Å²) in [5.41, 5.74) is 0.918. The van der Waals surface area contributed by atoms with Gasteiger partial charge in [-0.05, 0) is 30.5 Å². The molecule has 0 fully saturated rings. The number of halogens is 3. The van der Waals surface area contributed by atoms with Gasteiger partial charge >= 0.3 is 0 Å². The molecule has 1 atom stereocenters. The second kappa shape index (κ2) is 4.06. The summed E-state index contributed by atoms with van der Waals surface area (Å²) >= 11 is 5.97. The molecule has 0 N–H and O–H groups in total. The highest BCUT2D eigenvalue weighted by atomic mass is 35.5. The SMILES string of the molecule is Cc1cc(F)c2c(c1F)C(Cl)COCC2. The fourth-order valence-electron chi connectivity index (χ4n) is 1.84. The number of rotatable bonds is 0. The Morgan fingerprint density at radius 1 is 1.47 bits per heavy atom. The zero-order valence-electron chi connectivity index (χ0n) is 8.32. The first kappa shape index (κ1) is 10.8. The van der Waals surface area contributed by atoms with Crippen LogP contribution < -0.4 is 0 Å². The Kier molecular flexibility index (Phi) is 2.94. The van der Waals surface area contributed by atoms with Gasteiger partial charge in [0.15, 0.2) is 0 Å². The minimum atomic E-state index is -0.600. The highest BCUT2D eigenvalue weighted by Gasteiger charge is 2.25. The van der Waals surface area contributed by atoms with E-state index in [0.717, 1.165) is 0 Å². The summed E-state index contributed by atoms with van der Waals surface area (Å²) in [4.78, 5) is 0. The highest BCUT2D eigenvalue weighted by molar-refractivity contribution is 6.21. The summed E-state index contributed by atoms with van der Waals surface area (Å²) < 4.78 is 32.5. The Labute approximate surface area is 92.0 Å². The minimum Gasteiger partial charge on any atom is -0.379 e. The Morgan fingerprint density at radius 3 is 2.93 bits per heavy atom. The van der Waals surface area contributed by atoms with Crippen molar-refractivity contribution in [3.8, 4) is 0 Å². The summed E-state index contributed by atoms with van der Waals surface area (Å²) in [6.07, 6.45) is 0.377. The molecule has 4 heteroatoms. The molecule has 1 aromatic carbocycles. The number of alkyl halides is 1. The smallest absolute Gasteiger partial charge is 0.131 e. The van der Waals surface area contributed by atoms with Gasteiger partial charge in [-0.15, -0.1) is 11.6 Å². The third kappa shape index (κ3) is 1.86. The molecule has 0 saturated carbocycles. The molecular formula is C11H11ClF2O. The molecule has 1 unspecified atom stereocenters. The summed E-state index contributed by atoms with van der Waals surface area (Å²) in [7, 11) is 0. The van der Waals surface area contributed by atoms with Crippen LogP contribution in [-0.4, -0.2) is 13.2 Å². The predicted molar refractivity (Wildman–Crippen MR) is 54.2 cm³/mol. The van der Waals surface area contributed by atoms with Crippen molar-refractivity contribution in [1.82, 2.24) is 0 Å². The van der Waals surface area contributed by atoms with Crippen LogP contribution in [0.15, 0.2) is 6.07 Å². The van der Waals surface area contributed by atoms with Gasteiger partial charge in [-0.3, -0.25) is 0 Å². The maximum atomic E-state index is 13.8. The van der Waals surface area contributed by atoms with E-state index >= 15 is 0 Å². The van der Waals surface area contributed by atoms with Crippen LogP contribution in [0.4, 0.5) is 8.78 Å². The second-order valence-corrected chi connectivity index (χ2v) is 4.20. The molecule has 0 aliphatic carbocycles. The molecule has 0 bridgehead atoms. The van der Waals surface area contributed by atoms with Crippen molar-refractivity contribution in [2.45, 2.75) is 18.7 Å². The van der Waals surface area contributed by atoms with E-state index < -0.39 is 11.2 Å². The van der Waals surface area contributed by atoms with E-state index in [0.29, 0.717) is 24.2 Å². The highest BCUT2D eigenvalue weighted by Crippen LogP contribution is 2.33. The molecule has 0 radical (unpaired) electrons. The molecule has 0 aromatic heterocycles. The fourth-order valence-corrected chi connectivity index (χ4v) is 2.16. The van der Waals surface area contributed by atoms with Gasteiger partial charge in [0.2, 0.25) is 0 Å². The molecule has 2 rings (SSSR count). The van der Waals surface area contributed by atoms with Gasteiger partial charge in [-0.2, -0.15) is 0 Å². The van der Waals surface area contributed by atoms with E-state index in [9.17, 15) is 8.78 Å². The predicted octanol–water partition coefficient (Wildman–Crippen LogP) is 3.13. The quantitative estimate of drug-likeness (QED) is 0.625. The monoisotopic (exact) mass is 232 g/mol. The van der Waals surface area contributed by atoms with Crippen molar-refractivity contribution in [2.75, 3.05) is 13.2 Å². The van der Waals surface area contributed by atoms with Crippen LogP contribution >= 0.6 is 11.6 Å². The number of benzene rings is 1. The molecule has 0 saturated heterocycles. The first-order valence-electron chi connectivity index (χ1n) is 4.80. The first-order valence-corrected chi connectivity index (χ1v) is 5.24. The van der Waals surface area contributed by atoms with Gasteiger partial charge in [0.25, 0.3) is 0 Å². The van der Waals surface area contributed by atoms with E-state index in [1.807, 2.05) is 0 Å². The van der Waals surface area contributed by atoms with Gasteiger partial charge in [-0.1, -0.05) is 0 Å². The molecule has 1 nitrogen and oxygen atoms in total. The van der Waals surface area contributed by atoms with E-state index in [1.54, 1.807) is 0 Å². The normalized spacial score (nSPS) is 20.9. The lowest BCUT2D eigenvalue weighted by Gasteiger charge is -2.13. The van der Waals surface area contributed by atoms with Gasteiger partial charge in [0.1, 0.15) is 11.6 Å². The van der Waals surface area contributed by atoms with E-state index in [1.165, 1.54) is 13.0 Å². The summed E-state index contributed by atoms with van der Waals surface area (Å²) in [5.74, 6) is -0.794. The van der Waals surface area contributed by atoms with Crippen LogP contribution in [0.5, 0.6) is 0 Å². The van der Waals surface area contributed by atoms with Crippen LogP contribution in [0.2, 0.25) is 0 Å². The maximum absolute atomic E-state index is 13.8. The van der Waals surface area contributed by atoms with Crippen LogP contribution in [0.3, 0.4) is 0 Å². The minimum absolute atomic E-state index is 0.231. The largest absolute Gasteiger partial charge is 0.379 e. The molecule has 0 amide bonds. The lowest BCUT2D eigenvalue weighted by molar-refractivity contribution is 0.143. The third-order valence-electron chi connectivity index (χ3n) is 2.61. The molecule has 1 aliphatic heterocycles. The Balaban J connectivity index is 2.63. The molecule has 0 spiro atoms. The van der Waals surface area contributed by atoms with Crippen molar-refractivity contribution in [1.29, 1.82) is 0 Å². The van der Waals surface area contributed by atoms with Crippen molar-refractivity contribution >= 4 is 11.6 Å². The average Bonchev–Trinajstić information content (AvgIpc) is 2.37. The van der Waals surface area contributed by atoms with Gasteiger partial charge in [0, 0.05) is 5.56 Å². The zero-order chi connectivity index (χ0) is 11.0. The summed E-state index contributed by atoms with van der Waals surface area (Å²) in [5, 5.41) is -0.600. The van der Waals surface area contributed by atoms with Gasteiger partial charge in [-0.25, -0.2) is 8.78 Å². The number of aryl methyl sites for hydroxylation is 1. The van der Waals surface area contributed by atoms with Crippen LogP contribution in [-0.2, 0) is 11.2 Å². The lowest BCUT2D eigenvalue weighted by Crippen LogP contribution is -2.06. The average molecular weight is 233 g/mol. The molecule has 1 heterocycles.